The van der Waals surface area contributed by atoms with Gasteiger partial charge in [-0.3, -0.25) is 0 Å². The van der Waals surface area contributed by atoms with E-state index in [4.69, 9.17) is 0 Å². The van der Waals surface area contributed by atoms with Gasteiger partial charge in [-0.15, -0.1) is 16.8 Å². The van der Waals surface area contributed by atoms with Crippen LogP contribution in [0.2, 0.25) is 0 Å². The van der Waals surface area contributed by atoms with Gasteiger partial charge in [0.05, 0.1) is 0 Å². The maximum atomic E-state index is 3.12. The molecule has 0 spiro atoms. The minimum Gasteiger partial charge on any atom is -0.328 e. The van der Waals surface area contributed by atoms with Crippen molar-refractivity contribution in [3.05, 3.63) is 54.4 Å². The van der Waals surface area contributed by atoms with Gasteiger partial charge in [-0.05, 0) is 23.8 Å². The molecule has 0 atom stereocenters. The largest absolute Gasteiger partial charge is 2.00 e. The summed E-state index contributed by atoms with van der Waals surface area (Å²) in [5.41, 5.74) is 1.77. The molecule has 1 aliphatic carbocycles. The molecule has 0 heterocycles. The molecule has 0 bridgehead atoms. The zero-order valence-electron chi connectivity index (χ0n) is 14.9. The summed E-state index contributed by atoms with van der Waals surface area (Å²) in [7, 11) is 0. The third kappa shape index (κ3) is 5.75. The summed E-state index contributed by atoms with van der Waals surface area (Å²) < 4.78 is 0. The van der Waals surface area contributed by atoms with Gasteiger partial charge < -0.3 is 6.42 Å². The van der Waals surface area contributed by atoms with Gasteiger partial charge in [0.2, 0.25) is 0 Å². The molecular weight excluding hydrogens is 448 g/mol. The maximum absolute atomic E-state index is 3.12. The van der Waals surface area contributed by atoms with Crippen LogP contribution in [-0.4, -0.2) is 0 Å². The van der Waals surface area contributed by atoms with Crippen molar-refractivity contribution in [3.63, 3.8) is 0 Å². The van der Waals surface area contributed by atoms with E-state index in [1.807, 2.05) is 12.1 Å². The summed E-state index contributed by atoms with van der Waals surface area (Å²) in [4.78, 5) is 0. The van der Waals surface area contributed by atoms with E-state index >= 15 is 0 Å². The first-order valence-corrected chi connectivity index (χ1v) is 8.91. The van der Waals surface area contributed by atoms with Crippen molar-refractivity contribution in [1.82, 2.24) is 0 Å². The van der Waals surface area contributed by atoms with Crippen molar-refractivity contribution in [2.45, 2.75) is 71.1 Å². The summed E-state index contributed by atoms with van der Waals surface area (Å²) in [5, 5.41) is 2.60. The molecule has 124 valence electrons. The molecular formula is C22H30W. The molecule has 0 N–H and O–H groups in total. The van der Waals surface area contributed by atoms with E-state index in [0.717, 1.165) is 0 Å². The number of fused-ring (bicyclic) bond motifs is 1. The monoisotopic (exact) mass is 478 g/mol. The average molecular weight is 478 g/mol. The number of benzene rings is 2. The number of rotatable bonds is 3. The van der Waals surface area contributed by atoms with Crippen molar-refractivity contribution in [1.29, 1.82) is 0 Å². The van der Waals surface area contributed by atoms with Gasteiger partial charge in [0, 0.05) is 0 Å². The SMILES string of the molecule is CCC(C)(CC)c1ccc2c[c-]ccc2c1.[CH-]1CCCCC1.[W+2]. The van der Waals surface area contributed by atoms with E-state index in [0.29, 0.717) is 5.41 Å². The third-order valence-corrected chi connectivity index (χ3v) is 5.26. The normalized spacial score (nSPS) is 14.6. The minimum absolute atomic E-state index is 0. The zero-order chi connectivity index (χ0) is 15.8. The first-order valence-electron chi connectivity index (χ1n) is 8.91. The summed E-state index contributed by atoms with van der Waals surface area (Å²) >= 11 is 0. The Labute approximate surface area is 157 Å². The molecule has 3 rings (SSSR count). The Hall–Kier alpha value is -0.612. The molecule has 2 aromatic carbocycles. The van der Waals surface area contributed by atoms with Crippen LogP contribution in [0.15, 0.2) is 36.4 Å². The number of hydrogen-bond donors (Lipinski definition) is 0. The first-order chi connectivity index (χ1) is 10.7. The molecule has 0 saturated heterocycles. The van der Waals surface area contributed by atoms with Crippen LogP contribution in [0.5, 0.6) is 0 Å². The van der Waals surface area contributed by atoms with Gasteiger partial charge in [-0.25, -0.2) is 0 Å². The molecule has 0 aliphatic heterocycles. The van der Waals surface area contributed by atoms with Crippen LogP contribution >= 0.6 is 0 Å². The van der Waals surface area contributed by atoms with Gasteiger partial charge >= 0.3 is 21.1 Å². The molecule has 0 amide bonds. The molecule has 1 saturated carbocycles. The van der Waals surface area contributed by atoms with Crippen molar-refractivity contribution in [2.75, 3.05) is 0 Å². The average Bonchev–Trinajstić information content (AvgIpc) is 2.62. The van der Waals surface area contributed by atoms with Crippen LogP contribution in [0.25, 0.3) is 10.8 Å². The second-order valence-electron chi connectivity index (χ2n) is 6.68. The molecule has 1 aliphatic rings. The van der Waals surface area contributed by atoms with E-state index in [-0.39, 0.29) is 21.1 Å². The van der Waals surface area contributed by atoms with Crippen molar-refractivity contribution < 1.29 is 21.1 Å². The molecule has 1 heteroatoms. The van der Waals surface area contributed by atoms with Crippen LogP contribution in [-0.2, 0) is 26.5 Å². The molecule has 0 nitrogen and oxygen atoms in total. The maximum Gasteiger partial charge on any atom is 2.00 e. The van der Waals surface area contributed by atoms with Gasteiger partial charge in [-0.2, -0.15) is 37.1 Å². The summed E-state index contributed by atoms with van der Waals surface area (Å²) in [6.45, 7) is 6.89. The molecule has 0 unspecified atom stereocenters. The van der Waals surface area contributed by atoms with Crippen molar-refractivity contribution >= 4 is 10.8 Å². The second kappa shape index (κ2) is 10.3. The Balaban J connectivity index is 0.000000320. The van der Waals surface area contributed by atoms with Crippen molar-refractivity contribution in [3.8, 4) is 0 Å². The van der Waals surface area contributed by atoms with E-state index in [9.17, 15) is 0 Å². The predicted octanol–water partition coefficient (Wildman–Crippen LogP) is 6.87. The van der Waals surface area contributed by atoms with Gasteiger partial charge in [-0.1, -0.05) is 52.2 Å². The van der Waals surface area contributed by atoms with E-state index in [1.165, 1.54) is 61.3 Å². The topological polar surface area (TPSA) is 0 Å². The van der Waals surface area contributed by atoms with Gasteiger partial charge in [0.15, 0.2) is 0 Å². The summed E-state index contributed by atoms with van der Waals surface area (Å²) in [6, 6.07) is 16.1. The Kier molecular flexibility index (Phi) is 9.15. The third-order valence-electron chi connectivity index (χ3n) is 5.26. The van der Waals surface area contributed by atoms with Crippen LogP contribution in [0.4, 0.5) is 0 Å². The Bertz CT molecular complexity index is 553. The predicted molar refractivity (Wildman–Crippen MR) is 98.1 cm³/mol. The fourth-order valence-corrected chi connectivity index (χ4v) is 3.06. The van der Waals surface area contributed by atoms with Gasteiger partial charge in [0.25, 0.3) is 0 Å². The van der Waals surface area contributed by atoms with E-state index < -0.39 is 0 Å². The Morgan fingerprint density at radius 3 is 2.22 bits per heavy atom. The van der Waals surface area contributed by atoms with Crippen LogP contribution in [0.1, 0.15) is 71.3 Å². The van der Waals surface area contributed by atoms with Gasteiger partial charge in [0.1, 0.15) is 0 Å². The Morgan fingerprint density at radius 2 is 1.70 bits per heavy atom. The van der Waals surface area contributed by atoms with E-state index in [1.54, 1.807) is 0 Å². The molecule has 0 aromatic heterocycles. The summed E-state index contributed by atoms with van der Waals surface area (Å²) in [5.74, 6) is 0. The number of hydrogen-bond acceptors (Lipinski definition) is 0. The quantitative estimate of drug-likeness (QED) is 0.423. The van der Waals surface area contributed by atoms with E-state index in [2.05, 4.69) is 57.5 Å². The van der Waals surface area contributed by atoms with Crippen LogP contribution < -0.4 is 0 Å². The molecule has 1 fully saturated rings. The Morgan fingerprint density at radius 1 is 1.00 bits per heavy atom. The van der Waals surface area contributed by atoms with Crippen LogP contribution in [0, 0.1) is 12.5 Å². The first kappa shape index (κ1) is 20.4. The standard InChI is InChI=1S/C16H19.C6H11.W/c1-4-16(3,5-2)15-11-10-13-8-6-7-9-14(13)12-15;1-2-4-6-5-3-1;/h7-12H,4-5H2,1-3H3;1H,2-6H2;/q2*-1;+2. The minimum atomic E-state index is 0. The van der Waals surface area contributed by atoms with Crippen LogP contribution in [0.3, 0.4) is 0 Å². The van der Waals surface area contributed by atoms with Crippen molar-refractivity contribution in [2.24, 2.45) is 0 Å². The summed E-state index contributed by atoms with van der Waals surface area (Å²) in [6.07, 6.45) is 11.9. The smallest absolute Gasteiger partial charge is 0.328 e. The fourth-order valence-electron chi connectivity index (χ4n) is 3.06. The molecule has 0 radical (unpaired) electrons. The zero-order valence-corrected chi connectivity index (χ0v) is 17.8. The molecule has 23 heavy (non-hydrogen) atoms. The second-order valence-corrected chi connectivity index (χ2v) is 6.68. The fraction of sp³-hybridized carbons (Fsp3) is 0.500. The molecule has 2 aromatic rings.